The average Bonchev–Trinajstić information content (AvgIpc) is 2.57. The van der Waals surface area contributed by atoms with Crippen molar-refractivity contribution < 1.29 is 20.0 Å². The molecular weight excluding hydrogens is 304 g/mol. The van der Waals surface area contributed by atoms with Crippen LogP contribution in [0.4, 0.5) is 0 Å². The number of hydrogen-bond acceptors (Lipinski definition) is 3. The van der Waals surface area contributed by atoms with Crippen molar-refractivity contribution in [3.05, 3.63) is 48.6 Å². The summed E-state index contributed by atoms with van der Waals surface area (Å²) in [7, 11) is 0. The van der Waals surface area contributed by atoms with E-state index in [-0.39, 0.29) is 12.5 Å². The summed E-state index contributed by atoms with van der Waals surface area (Å²) in [5.74, 6) is -0.734. The first kappa shape index (κ1) is 22.4. The summed E-state index contributed by atoms with van der Waals surface area (Å²) in [6.07, 6.45) is 23.5. The highest BCUT2D eigenvalue weighted by atomic mass is 17.1. The van der Waals surface area contributed by atoms with Crippen LogP contribution in [0, 0.1) is 0 Å². The highest BCUT2D eigenvalue weighted by Gasteiger charge is 2.02. The molecule has 0 heterocycles. The van der Waals surface area contributed by atoms with E-state index in [0.717, 1.165) is 44.9 Å². The van der Waals surface area contributed by atoms with E-state index in [4.69, 9.17) is 10.4 Å². The number of aliphatic carboxylic acids is 1. The molecule has 24 heavy (non-hydrogen) atoms. The molecule has 1 unspecified atom stereocenters. The number of hydrogen-bond donors (Lipinski definition) is 2. The SMILES string of the molecule is CCCCCC(/C=C/C=C\C/C=C\C/C=C\CCCC(=O)O)OO. The molecule has 0 fully saturated rings. The van der Waals surface area contributed by atoms with Crippen LogP contribution in [0.2, 0.25) is 0 Å². The molecule has 0 aromatic heterocycles. The maximum atomic E-state index is 10.3. The summed E-state index contributed by atoms with van der Waals surface area (Å²) in [5.41, 5.74) is 0. The first-order valence-electron chi connectivity index (χ1n) is 8.86. The van der Waals surface area contributed by atoms with E-state index in [1.54, 1.807) is 0 Å². The van der Waals surface area contributed by atoms with Crippen LogP contribution < -0.4 is 0 Å². The lowest BCUT2D eigenvalue weighted by molar-refractivity contribution is -0.267. The maximum Gasteiger partial charge on any atom is 0.303 e. The Morgan fingerprint density at radius 2 is 1.71 bits per heavy atom. The quantitative estimate of drug-likeness (QED) is 0.133. The second-order valence-electron chi connectivity index (χ2n) is 5.65. The fourth-order valence-electron chi connectivity index (χ4n) is 2.06. The van der Waals surface area contributed by atoms with Gasteiger partial charge in [-0.3, -0.25) is 10.1 Å². The molecule has 1 atom stereocenters. The van der Waals surface area contributed by atoms with E-state index in [0.29, 0.717) is 6.42 Å². The third-order valence-electron chi connectivity index (χ3n) is 3.44. The highest BCUT2D eigenvalue weighted by Crippen LogP contribution is 2.07. The van der Waals surface area contributed by atoms with Crippen molar-refractivity contribution >= 4 is 5.97 Å². The van der Waals surface area contributed by atoms with Crippen molar-refractivity contribution in [2.45, 2.75) is 70.8 Å². The normalized spacial score (nSPS) is 13.8. The topological polar surface area (TPSA) is 66.8 Å². The van der Waals surface area contributed by atoms with Crippen LogP contribution in [0.3, 0.4) is 0 Å². The van der Waals surface area contributed by atoms with Crippen molar-refractivity contribution in [3.8, 4) is 0 Å². The van der Waals surface area contributed by atoms with Crippen LogP contribution >= 0.6 is 0 Å². The van der Waals surface area contributed by atoms with E-state index in [2.05, 4.69) is 30.0 Å². The molecule has 0 rings (SSSR count). The fraction of sp³-hybridized carbons (Fsp3) is 0.550. The Kier molecular flexibility index (Phi) is 16.5. The van der Waals surface area contributed by atoms with Crippen LogP contribution in [-0.2, 0) is 9.68 Å². The lowest BCUT2D eigenvalue weighted by Gasteiger charge is -2.07. The summed E-state index contributed by atoms with van der Waals surface area (Å²) in [4.78, 5) is 14.8. The maximum absolute atomic E-state index is 10.3. The number of carboxylic acids is 1. The molecule has 0 aliphatic rings. The molecule has 2 N–H and O–H groups in total. The standard InChI is InChI=1S/C20H32O4/c1-2-3-13-16-19(24-23)17-14-11-9-7-5-4-6-8-10-12-15-18-20(21)22/h4-5,8-11,14,17,19,23H,2-3,6-7,12-13,15-16,18H2,1H3,(H,21,22)/b5-4-,10-8-,11-9-,17-14+. The molecule has 0 aliphatic heterocycles. The van der Waals surface area contributed by atoms with Crippen molar-refractivity contribution in [1.29, 1.82) is 0 Å². The number of allylic oxidation sites excluding steroid dienone is 7. The molecule has 136 valence electrons. The van der Waals surface area contributed by atoms with Gasteiger partial charge < -0.3 is 5.11 Å². The largest absolute Gasteiger partial charge is 0.481 e. The Morgan fingerprint density at radius 1 is 1.00 bits per heavy atom. The summed E-state index contributed by atoms with van der Waals surface area (Å²) >= 11 is 0. The Hall–Kier alpha value is -1.65. The molecule has 0 aromatic rings. The molecule has 0 amide bonds. The van der Waals surface area contributed by atoms with Gasteiger partial charge in [0.15, 0.2) is 0 Å². The average molecular weight is 336 g/mol. The van der Waals surface area contributed by atoms with Crippen LogP contribution in [0.1, 0.15) is 64.7 Å². The van der Waals surface area contributed by atoms with E-state index in [1.807, 2.05) is 30.4 Å². The van der Waals surface area contributed by atoms with E-state index < -0.39 is 5.97 Å². The van der Waals surface area contributed by atoms with Gasteiger partial charge in [-0.05, 0) is 32.1 Å². The molecule has 0 aromatic carbocycles. The van der Waals surface area contributed by atoms with Gasteiger partial charge in [-0.25, -0.2) is 4.89 Å². The fourth-order valence-corrected chi connectivity index (χ4v) is 2.06. The molecule has 0 radical (unpaired) electrons. The van der Waals surface area contributed by atoms with Crippen molar-refractivity contribution in [1.82, 2.24) is 0 Å². The zero-order chi connectivity index (χ0) is 17.9. The molecular formula is C20H32O4. The smallest absolute Gasteiger partial charge is 0.303 e. The Morgan fingerprint density at radius 3 is 2.38 bits per heavy atom. The molecule has 0 spiro atoms. The first-order chi connectivity index (χ1) is 11.7. The van der Waals surface area contributed by atoms with Gasteiger partial charge in [0.25, 0.3) is 0 Å². The van der Waals surface area contributed by atoms with Gasteiger partial charge in [-0.2, -0.15) is 0 Å². The molecule has 0 saturated heterocycles. The van der Waals surface area contributed by atoms with Gasteiger partial charge in [0, 0.05) is 6.42 Å². The number of rotatable bonds is 15. The lowest BCUT2D eigenvalue weighted by Crippen LogP contribution is -2.06. The van der Waals surface area contributed by atoms with Gasteiger partial charge in [-0.1, -0.05) is 74.8 Å². The Labute approximate surface area is 146 Å². The predicted molar refractivity (Wildman–Crippen MR) is 98.9 cm³/mol. The van der Waals surface area contributed by atoms with Crippen LogP contribution in [0.5, 0.6) is 0 Å². The minimum absolute atomic E-state index is 0.219. The van der Waals surface area contributed by atoms with Crippen molar-refractivity contribution in [3.63, 3.8) is 0 Å². The van der Waals surface area contributed by atoms with Crippen molar-refractivity contribution in [2.24, 2.45) is 0 Å². The van der Waals surface area contributed by atoms with Crippen molar-refractivity contribution in [2.75, 3.05) is 0 Å². The zero-order valence-electron chi connectivity index (χ0n) is 14.8. The van der Waals surface area contributed by atoms with Crippen LogP contribution in [0.15, 0.2) is 48.6 Å². The second-order valence-corrected chi connectivity index (χ2v) is 5.65. The second kappa shape index (κ2) is 17.7. The highest BCUT2D eigenvalue weighted by molar-refractivity contribution is 5.66. The van der Waals surface area contributed by atoms with E-state index in [1.165, 1.54) is 0 Å². The minimum atomic E-state index is -0.734. The van der Waals surface area contributed by atoms with Gasteiger partial charge >= 0.3 is 5.97 Å². The Balaban J connectivity index is 3.70. The molecule has 4 nitrogen and oxygen atoms in total. The molecule has 0 saturated carbocycles. The first-order valence-corrected chi connectivity index (χ1v) is 8.86. The Bertz CT molecular complexity index is 408. The zero-order valence-corrected chi connectivity index (χ0v) is 14.8. The van der Waals surface area contributed by atoms with E-state index >= 15 is 0 Å². The van der Waals surface area contributed by atoms with Crippen LogP contribution in [-0.4, -0.2) is 22.4 Å². The number of unbranched alkanes of at least 4 members (excludes halogenated alkanes) is 3. The molecule has 0 aliphatic carbocycles. The van der Waals surface area contributed by atoms with Crippen LogP contribution in [0.25, 0.3) is 0 Å². The minimum Gasteiger partial charge on any atom is -0.481 e. The summed E-state index contributed by atoms with van der Waals surface area (Å²) in [6, 6.07) is 0. The summed E-state index contributed by atoms with van der Waals surface area (Å²) < 4.78 is 0. The molecule has 0 bridgehead atoms. The van der Waals surface area contributed by atoms with E-state index in [9.17, 15) is 4.79 Å². The predicted octanol–water partition coefficient (Wildman–Crippen LogP) is 5.68. The summed E-state index contributed by atoms with van der Waals surface area (Å²) in [6.45, 7) is 2.15. The molecule has 4 heteroatoms. The lowest BCUT2D eigenvalue weighted by atomic mass is 10.1. The van der Waals surface area contributed by atoms with Gasteiger partial charge in [0.2, 0.25) is 0 Å². The van der Waals surface area contributed by atoms with Gasteiger partial charge in [-0.15, -0.1) is 0 Å². The number of carboxylic acid groups (broad SMARTS) is 1. The van der Waals surface area contributed by atoms with Gasteiger partial charge in [0.1, 0.15) is 6.10 Å². The third kappa shape index (κ3) is 16.7. The monoisotopic (exact) mass is 336 g/mol. The van der Waals surface area contributed by atoms with Gasteiger partial charge in [0.05, 0.1) is 0 Å². The third-order valence-corrected chi connectivity index (χ3v) is 3.44. The number of carbonyl (C=O) groups is 1. The summed E-state index contributed by atoms with van der Waals surface area (Å²) in [5, 5.41) is 17.3.